The Balaban J connectivity index is 1.27. The number of carbonyl (C=O) groups is 1. The predicted octanol–water partition coefficient (Wildman–Crippen LogP) is 3.79. The summed E-state index contributed by atoms with van der Waals surface area (Å²) in [5.41, 5.74) is 1.70. The lowest BCUT2D eigenvalue weighted by Crippen LogP contribution is -2.24. The Labute approximate surface area is 159 Å². The maximum Gasteiger partial charge on any atom is 0.234 e. The quantitative estimate of drug-likeness (QED) is 0.651. The van der Waals surface area contributed by atoms with E-state index in [0.717, 1.165) is 46.2 Å². The molecule has 0 spiro atoms. The molecule has 8 heteroatoms. The SMILES string of the molecule is O=C(CSc1nc2ccccc2s1)Nc1cnn(C[C@H]2CCCCO2)c1. The fraction of sp³-hybridized carbons (Fsp3) is 0.389. The summed E-state index contributed by atoms with van der Waals surface area (Å²) in [4.78, 5) is 16.7. The molecule has 0 unspecified atom stereocenters. The molecule has 1 aliphatic rings. The molecule has 4 rings (SSSR count). The number of ether oxygens (including phenoxy) is 1. The topological polar surface area (TPSA) is 69.0 Å². The maximum absolute atomic E-state index is 12.2. The van der Waals surface area contributed by atoms with Crippen LogP contribution in [0.2, 0.25) is 0 Å². The summed E-state index contributed by atoms with van der Waals surface area (Å²) in [6, 6.07) is 8.00. The number of anilines is 1. The summed E-state index contributed by atoms with van der Waals surface area (Å²) in [6.07, 6.45) is 7.19. The number of hydrogen-bond donors (Lipinski definition) is 1. The van der Waals surface area contributed by atoms with Crippen molar-refractivity contribution in [2.45, 2.75) is 36.3 Å². The normalized spacial score (nSPS) is 17.5. The molecule has 136 valence electrons. The molecule has 3 aromatic rings. The second-order valence-corrected chi connectivity index (χ2v) is 8.48. The second-order valence-electron chi connectivity index (χ2n) is 6.22. The minimum absolute atomic E-state index is 0.0530. The Kier molecular flexibility index (Phi) is 5.52. The van der Waals surface area contributed by atoms with Crippen LogP contribution >= 0.6 is 23.1 Å². The number of thioether (sulfide) groups is 1. The molecule has 1 atom stereocenters. The van der Waals surface area contributed by atoms with E-state index in [4.69, 9.17) is 4.74 Å². The van der Waals surface area contributed by atoms with Crippen molar-refractivity contribution in [2.24, 2.45) is 0 Å². The number of benzene rings is 1. The van der Waals surface area contributed by atoms with E-state index >= 15 is 0 Å². The van der Waals surface area contributed by atoms with Crippen LogP contribution < -0.4 is 5.32 Å². The molecule has 1 amide bonds. The first-order valence-corrected chi connectivity index (χ1v) is 10.5. The highest BCUT2D eigenvalue weighted by Crippen LogP contribution is 2.29. The van der Waals surface area contributed by atoms with E-state index in [0.29, 0.717) is 5.75 Å². The zero-order valence-electron chi connectivity index (χ0n) is 14.3. The van der Waals surface area contributed by atoms with Gasteiger partial charge in [0.1, 0.15) is 0 Å². The average molecular weight is 389 g/mol. The maximum atomic E-state index is 12.2. The van der Waals surface area contributed by atoms with Crippen LogP contribution in [-0.4, -0.2) is 39.1 Å². The third kappa shape index (κ3) is 4.44. The summed E-state index contributed by atoms with van der Waals surface area (Å²) in [5, 5.41) is 7.21. The number of carbonyl (C=O) groups excluding carboxylic acids is 1. The Bertz CT molecular complexity index is 853. The molecular weight excluding hydrogens is 368 g/mol. The molecule has 3 heterocycles. The highest BCUT2D eigenvalue weighted by molar-refractivity contribution is 8.01. The van der Waals surface area contributed by atoms with Crippen LogP contribution in [0.25, 0.3) is 10.2 Å². The fourth-order valence-corrected chi connectivity index (χ4v) is 4.79. The largest absolute Gasteiger partial charge is 0.376 e. The summed E-state index contributed by atoms with van der Waals surface area (Å²) in [6.45, 7) is 1.56. The monoisotopic (exact) mass is 388 g/mol. The second kappa shape index (κ2) is 8.20. The molecular formula is C18H20N4O2S2. The third-order valence-corrected chi connectivity index (χ3v) is 6.36. The predicted molar refractivity (Wildman–Crippen MR) is 105 cm³/mol. The Hall–Kier alpha value is -1.90. The Morgan fingerprint density at radius 2 is 2.31 bits per heavy atom. The Morgan fingerprint density at radius 3 is 3.15 bits per heavy atom. The molecule has 1 N–H and O–H groups in total. The number of aromatic nitrogens is 3. The first kappa shape index (κ1) is 17.5. The van der Waals surface area contributed by atoms with Gasteiger partial charge in [-0.15, -0.1) is 11.3 Å². The summed E-state index contributed by atoms with van der Waals surface area (Å²) < 4.78 is 9.62. The number of nitrogens with one attached hydrogen (secondary N) is 1. The third-order valence-electron chi connectivity index (χ3n) is 4.18. The molecule has 0 saturated carbocycles. The number of nitrogens with zero attached hydrogens (tertiary/aromatic N) is 3. The van der Waals surface area contributed by atoms with Gasteiger partial charge in [0.2, 0.25) is 5.91 Å². The number of amides is 1. The Morgan fingerprint density at radius 1 is 1.38 bits per heavy atom. The molecule has 0 bridgehead atoms. The number of rotatable bonds is 6. The first-order valence-electron chi connectivity index (χ1n) is 8.68. The number of para-hydroxylation sites is 1. The smallest absolute Gasteiger partial charge is 0.234 e. The van der Waals surface area contributed by atoms with Crippen molar-refractivity contribution in [3.8, 4) is 0 Å². The molecule has 0 aliphatic carbocycles. The van der Waals surface area contributed by atoms with Gasteiger partial charge in [0, 0.05) is 12.8 Å². The molecule has 6 nitrogen and oxygen atoms in total. The van der Waals surface area contributed by atoms with Crippen LogP contribution in [0.15, 0.2) is 41.0 Å². The van der Waals surface area contributed by atoms with E-state index in [9.17, 15) is 4.79 Å². The zero-order valence-corrected chi connectivity index (χ0v) is 15.9. The summed E-state index contributed by atoms with van der Waals surface area (Å²) in [5.74, 6) is 0.277. The summed E-state index contributed by atoms with van der Waals surface area (Å²) >= 11 is 3.07. The van der Waals surface area contributed by atoms with E-state index in [1.165, 1.54) is 18.2 Å². The lowest BCUT2D eigenvalue weighted by molar-refractivity contribution is -0.113. The van der Waals surface area contributed by atoms with Crippen LogP contribution in [-0.2, 0) is 16.1 Å². The van der Waals surface area contributed by atoms with Gasteiger partial charge in [-0.25, -0.2) is 4.98 Å². The lowest BCUT2D eigenvalue weighted by Gasteiger charge is -2.22. The highest BCUT2D eigenvalue weighted by Gasteiger charge is 2.15. The minimum Gasteiger partial charge on any atom is -0.376 e. The van der Waals surface area contributed by atoms with Gasteiger partial charge in [0.05, 0.1) is 40.5 Å². The van der Waals surface area contributed by atoms with Gasteiger partial charge in [0.25, 0.3) is 0 Å². The molecule has 1 aliphatic heterocycles. The minimum atomic E-state index is -0.0530. The van der Waals surface area contributed by atoms with E-state index in [2.05, 4.69) is 15.4 Å². The molecule has 26 heavy (non-hydrogen) atoms. The first-order chi connectivity index (χ1) is 12.8. The van der Waals surface area contributed by atoms with Crippen LogP contribution in [0.4, 0.5) is 5.69 Å². The fourth-order valence-electron chi connectivity index (χ4n) is 2.93. The van der Waals surface area contributed by atoms with Crippen molar-refractivity contribution in [3.05, 3.63) is 36.7 Å². The van der Waals surface area contributed by atoms with Crippen molar-refractivity contribution < 1.29 is 9.53 Å². The molecule has 1 aromatic carbocycles. The number of hydrogen-bond acceptors (Lipinski definition) is 6. The van der Waals surface area contributed by atoms with Crippen LogP contribution in [0.1, 0.15) is 19.3 Å². The van der Waals surface area contributed by atoms with E-state index < -0.39 is 0 Å². The van der Waals surface area contributed by atoms with Gasteiger partial charge in [-0.2, -0.15) is 5.10 Å². The van der Waals surface area contributed by atoms with Crippen molar-refractivity contribution >= 4 is 44.9 Å². The zero-order chi connectivity index (χ0) is 17.8. The van der Waals surface area contributed by atoms with Crippen LogP contribution in [0.3, 0.4) is 0 Å². The lowest BCUT2D eigenvalue weighted by atomic mass is 10.1. The average Bonchev–Trinajstić information content (AvgIpc) is 3.27. The molecule has 0 radical (unpaired) electrons. The number of fused-ring (bicyclic) bond motifs is 1. The van der Waals surface area contributed by atoms with Gasteiger partial charge < -0.3 is 10.1 Å². The van der Waals surface area contributed by atoms with Crippen molar-refractivity contribution in [1.82, 2.24) is 14.8 Å². The van der Waals surface area contributed by atoms with Gasteiger partial charge in [-0.05, 0) is 31.4 Å². The van der Waals surface area contributed by atoms with Gasteiger partial charge >= 0.3 is 0 Å². The highest BCUT2D eigenvalue weighted by atomic mass is 32.2. The van der Waals surface area contributed by atoms with Crippen molar-refractivity contribution in [1.29, 1.82) is 0 Å². The van der Waals surface area contributed by atoms with Gasteiger partial charge in [0.15, 0.2) is 4.34 Å². The van der Waals surface area contributed by atoms with E-state index in [1.54, 1.807) is 17.5 Å². The van der Waals surface area contributed by atoms with Crippen LogP contribution in [0, 0.1) is 0 Å². The van der Waals surface area contributed by atoms with Crippen LogP contribution in [0.5, 0.6) is 0 Å². The molecule has 1 fully saturated rings. The molecule has 2 aromatic heterocycles. The van der Waals surface area contributed by atoms with Crippen molar-refractivity contribution in [2.75, 3.05) is 17.7 Å². The molecule has 1 saturated heterocycles. The van der Waals surface area contributed by atoms with Gasteiger partial charge in [-0.1, -0.05) is 23.9 Å². The van der Waals surface area contributed by atoms with Gasteiger partial charge in [-0.3, -0.25) is 9.48 Å². The standard InChI is InChI=1S/C18H20N4O2S2/c23-17(12-25-18-21-15-6-1-2-7-16(15)26-18)20-13-9-19-22(10-13)11-14-5-3-4-8-24-14/h1-2,6-7,9-10,14H,3-5,8,11-12H2,(H,20,23)/t14-/m1/s1. The van der Waals surface area contributed by atoms with E-state index in [-0.39, 0.29) is 12.0 Å². The summed E-state index contributed by atoms with van der Waals surface area (Å²) in [7, 11) is 0. The van der Waals surface area contributed by atoms with E-state index in [1.807, 2.05) is 35.1 Å². The van der Waals surface area contributed by atoms with Crippen molar-refractivity contribution in [3.63, 3.8) is 0 Å². The number of thiazole rings is 1.